The third kappa shape index (κ3) is 4.49. The summed E-state index contributed by atoms with van der Waals surface area (Å²) in [4.78, 5) is 0. The summed E-state index contributed by atoms with van der Waals surface area (Å²) in [6, 6.07) is 1.90. The van der Waals surface area contributed by atoms with Crippen LogP contribution in [0, 0.1) is 11.3 Å². The maximum absolute atomic E-state index is 11.0. The zero-order valence-electron chi connectivity index (χ0n) is 18.0. The molecule has 0 spiro atoms. The second-order valence-corrected chi connectivity index (χ2v) is 19.9. The van der Waals surface area contributed by atoms with E-state index in [1.807, 2.05) is 6.07 Å². The maximum Gasteiger partial charge on any atom is 0.208 e. The largest absolute Gasteiger partial charge is 0.408 e. The van der Waals surface area contributed by atoms with E-state index < -0.39 is 40.5 Å². The molecular weight excluding hydrogens is 362 g/mol. The average Bonchev–Trinajstić information content (AvgIpc) is 2.44. The van der Waals surface area contributed by atoms with Crippen molar-refractivity contribution in [3.63, 3.8) is 0 Å². The molecule has 7 heteroatoms. The molecule has 0 radical (unpaired) electrons. The first-order valence-corrected chi connectivity index (χ1v) is 15.1. The van der Waals surface area contributed by atoms with Crippen molar-refractivity contribution in [3.8, 4) is 6.07 Å². The molecule has 150 valence electrons. The topological polar surface area (TPSA) is 82.7 Å². The first kappa shape index (κ1) is 23.5. The molecule has 0 saturated heterocycles. The van der Waals surface area contributed by atoms with Crippen molar-refractivity contribution in [2.45, 2.75) is 102 Å². The lowest BCUT2D eigenvalue weighted by molar-refractivity contribution is -0.122. The monoisotopic (exact) mass is 399 g/mol. The van der Waals surface area contributed by atoms with Gasteiger partial charge in [0.25, 0.3) is 0 Å². The molecule has 1 aliphatic carbocycles. The van der Waals surface area contributed by atoms with Gasteiger partial charge in [0.05, 0.1) is 6.10 Å². The van der Waals surface area contributed by atoms with Crippen LogP contribution in [-0.2, 0) is 8.85 Å². The van der Waals surface area contributed by atoms with E-state index in [0.29, 0.717) is 0 Å². The van der Waals surface area contributed by atoms with E-state index in [2.05, 4.69) is 67.7 Å². The summed E-state index contributed by atoms with van der Waals surface area (Å²) < 4.78 is 12.9. The van der Waals surface area contributed by atoms with E-state index in [-0.39, 0.29) is 10.1 Å². The van der Waals surface area contributed by atoms with Gasteiger partial charge in [-0.1, -0.05) is 53.7 Å². The fraction of sp³-hybridized carbons (Fsp3) is 0.842. The highest BCUT2D eigenvalue weighted by atomic mass is 28.4. The van der Waals surface area contributed by atoms with Crippen LogP contribution in [0.25, 0.3) is 0 Å². The van der Waals surface area contributed by atoms with E-state index in [1.54, 1.807) is 6.08 Å². The first-order chi connectivity index (χ1) is 11.4. The molecule has 4 atom stereocenters. The predicted octanol–water partition coefficient (Wildman–Crippen LogP) is 3.95. The Morgan fingerprint density at radius 1 is 0.923 bits per heavy atom. The molecule has 0 aliphatic heterocycles. The van der Waals surface area contributed by atoms with Crippen LogP contribution in [0.4, 0.5) is 0 Å². The zero-order valence-corrected chi connectivity index (χ0v) is 20.0. The molecule has 0 saturated carbocycles. The maximum atomic E-state index is 11.0. The quantitative estimate of drug-likeness (QED) is 0.425. The molecule has 0 heterocycles. The smallest absolute Gasteiger partial charge is 0.208 e. The molecule has 0 aromatic carbocycles. The van der Waals surface area contributed by atoms with Gasteiger partial charge in [-0.05, 0) is 36.3 Å². The molecule has 2 N–H and O–H groups in total. The van der Waals surface area contributed by atoms with Gasteiger partial charge in [0.1, 0.15) is 18.3 Å². The van der Waals surface area contributed by atoms with Gasteiger partial charge in [-0.25, -0.2) is 0 Å². The van der Waals surface area contributed by atoms with Gasteiger partial charge in [0, 0.05) is 0 Å². The number of nitrogens with zero attached hydrogens (tertiary/aromatic N) is 1. The number of aliphatic hydroxyl groups is 2. The lowest BCUT2D eigenvalue weighted by atomic mass is 9.84. The van der Waals surface area contributed by atoms with Crippen molar-refractivity contribution < 1.29 is 19.1 Å². The molecule has 1 rings (SSSR count). The Morgan fingerprint density at radius 3 is 1.73 bits per heavy atom. The molecule has 26 heavy (non-hydrogen) atoms. The van der Waals surface area contributed by atoms with Gasteiger partial charge in [-0.3, -0.25) is 0 Å². The summed E-state index contributed by atoms with van der Waals surface area (Å²) in [6.07, 6.45) is 0.392. The normalized spacial score (nSPS) is 31.0. The van der Waals surface area contributed by atoms with E-state index in [9.17, 15) is 15.5 Å². The van der Waals surface area contributed by atoms with Gasteiger partial charge in [0.2, 0.25) is 5.60 Å². The third-order valence-corrected chi connectivity index (χ3v) is 15.2. The number of rotatable bonds is 4. The minimum Gasteiger partial charge on any atom is -0.408 e. The number of nitriles is 1. The lowest BCUT2D eigenvalue weighted by Gasteiger charge is -2.49. The van der Waals surface area contributed by atoms with Crippen molar-refractivity contribution in [2.75, 3.05) is 0 Å². The van der Waals surface area contributed by atoms with Crippen molar-refractivity contribution in [3.05, 3.63) is 12.2 Å². The van der Waals surface area contributed by atoms with E-state index >= 15 is 0 Å². The summed E-state index contributed by atoms with van der Waals surface area (Å²) in [6.45, 7) is 21.1. The number of hydrogen-bond donors (Lipinski definition) is 2. The van der Waals surface area contributed by atoms with Crippen molar-refractivity contribution in [2.24, 2.45) is 0 Å². The van der Waals surface area contributed by atoms with E-state index in [1.165, 1.54) is 6.08 Å². The van der Waals surface area contributed by atoms with Crippen LogP contribution >= 0.6 is 0 Å². The van der Waals surface area contributed by atoms with Crippen LogP contribution in [0.3, 0.4) is 0 Å². The predicted molar refractivity (Wildman–Crippen MR) is 110 cm³/mol. The van der Waals surface area contributed by atoms with Gasteiger partial charge in [-0.15, -0.1) is 0 Å². The number of hydrogen-bond acceptors (Lipinski definition) is 5. The van der Waals surface area contributed by atoms with Crippen LogP contribution in [0.15, 0.2) is 12.2 Å². The van der Waals surface area contributed by atoms with Crippen molar-refractivity contribution >= 4 is 16.6 Å². The number of aliphatic hydroxyl groups excluding tert-OH is 1. The van der Waals surface area contributed by atoms with Crippen molar-refractivity contribution in [1.82, 2.24) is 0 Å². The highest BCUT2D eigenvalue weighted by Gasteiger charge is 2.55. The van der Waals surface area contributed by atoms with Crippen LogP contribution in [0.1, 0.15) is 41.5 Å². The Balaban J connectivity index is 3.35. The Kier molecular flexibility index (Phi) is 6.48. The summed E-state index contributed by atoms with van der Waals surface area (Å²) in [5.41, 5.74) is -2.03. The van der Waals surface area contributed by atoms with Gasteiger partial charge < -0.3 is 19.1 Å². The average molecular weight is 400 g/mol. The van der Waals surface area contributed by atoms with Crippen LogP contribution in [0.5, 0.6) is 0 Å². The molecule has 5 nitrogen and oxygen atoms in total. The van der Waals surface area contributed by atoms with Crippen LogP contribution < -0.4 is 0 Å². The molecule has 0 bridgehead atoms. The molecule has 1 aliphatic rings. The third-order valence-electron chi connectivity index (χ3n) is 6.31. The summed E-state index contributed by atoms with van der Waals surface area (Å²) in [5.74, 6) is 0. The Hall–Kier alpha value is -0.496. The Bertz CT molecular complexity index is 584. The lowest BCUT2D eigenvalue weighted by Crippen LogP contribution is -2.64. The SMILES string of the molecule is CC(C)(C)[Si](C)(C)O[C@H]1C=CC(O)C(O)(C#N)[C@H]1O[Si](C)(C)C(C)(C)C. The van der Waals surface area contributed by atoms with E-state index in [4.69, 9.17) is 8.85 Å². The molecule has 0 fully saturated rings. The van der Waals surface area contributed by atoms with E-state index in [0.717, 1.165) is 0 Å². The van der Waals surface area contributed by atoms with Gasteiger partial charge in [0.15, 0.2) is 16.6 Å². The second kappa shape index (κ2) is 7.15. The molecule has 0 aromatic rings. The molecule has 0 amide bonds. The fourth-order valence-electron chi connectivity index (χ4n) is 2.28. The fourth-order valence-corrected chi connectivity index (χ4v) is 4.82. The summed E-state index contributed by atoms with van der Waals surface area (Å²) in [5, 5.41) is 30.8. The van der Waals surface area contributed by atoms with Crippen LogP contribution in [0.2, 0.25) is 36.3 Å². The van der Waals surface area contributed by atoms with Gasteiger partial charge >= 0.3 is 0 Å². The first-order valence-electron chi connectivity index (χ1n) is 9.25. The summed E-state index contributed by atoms with van der Waals surface area (Å²) in [7, 11) is -4.48. The molecular formula is C19H37NO4Si2. The van der Waals surface area contributed by atoms with Crippen molar-refractivity contribution in [1.29, 1.82) is 5.26 Å². The summed E-state index contributed by atoms with van der Waals surface area (Å²) >= 11 is 0. The van der Waals surface area contributed by atoms with Crippen LogP contribution in [-0.4, -0.2) is 50.8 Å². The highest BCUT2D eigenvalue weighted by molar-refractivity contribution is 6.74. The zero-order chi connectivity index (χ0) is 20.8. The second-order valence-electron chi connectivity index (χ2n) is 10.4. The Morgan fingerprint density at radius 2 is 1.35 bits per heavy atom. The Labute approximate surface area is 161 Å². The standard InChI is InChI=1S/C19H37NO4Si2/c1-17(2,3)25(7,8)23-14-11-12-15(21)19(22,13-20)16(14)24-26(9,10)18(4,5)6/h11-12,14-16,21-22H,1-10H3/t14-,15?,16-,19?/m0/s1. The molecule has 0 aromatic heterocycles. The minimum atomic E-state index is -2.31. The van der Waals surface area contributed by atoms with Gasteiger partial charge in [-0.2, -0.15) is 5.26 Å². The molecule has 2 unspecified atom stereocenters. The minimum absolute atomic E-state index is 0.0246. The highest BCUT2D eigenvalue weighted by Crippen LogP contribution is 2.43.